The summed E-state index contributed by atoms with van der Waals surface area (Å²) in [4.78, 5) is 28.2. The van der Waals surface area contributed by atoms with Crippen molar-refractivity contribution in [1.82, 2.24) is 10.2 Å². The van der Waals surface area contributed by atoms with Gasteiger partial charge in [-0.15, -0.1) is 10.2 Å². The monoisotopic (exact) mass is 605 g/mol. The zero-order valence-electron chi connectivity index (χ0n) is 21.7. The second-order valence-electron chi connectivity index (χ2n) is 8.87. The first-order valence-corrected chi connectivity index (χ1v) is 14.7. The van der Waals surface area contributed by atoms with E-state index in [0.717, 1.165) is 11.1 Å². The van der Waals surface area contributed by atoms with Gasteiger partial charge in [-0.05, 0) is 54.0 Å². The first-order chi connectivity index (χ1) is 19.9. The lowest BCUT2D eigenvalue weighted by atomic mass is 9.95. The summed E-state index contributed by atoms with van der Waals surface area (Å²) in [7, 11) is 0. The van der Waals surface area contributed by atoms with E-state index in [0.29, 0.717) is 27.3 Å². The molecular weight excluding hydrogens is 582 g/mol. The Balaban J connectivity index is 1.49. The summed E-state index contributed by atoms with van der Waals surface area (Å²) < 4.78 is 6.15. The number of hydrogen-bond acceptors (Lipinski definition) is 9. The molecule has 0 aliphatic carbocycles. The number of rotatable bonds is 10. The molecule has 3 aromatic carbocycles. The number of aliphatic hydroxyl groups is 1. The van der Waals surface area contributed by atoms with Gasteiger partial charge in [-0.3, -0.25) is 14.5 Å². The molecule has 41 heavy (non-hydrogen) atoms. The van der Waals surface area contributed by atoms with Crippen LogP contribution in [0.25, 0.3) is 6.08 Å². The number of nitrogens with zero attached hydrogens (tertiary/aromatic N) is 3. The minimum Gasteiger partial charge on any atom is -0.504 e. The molecule has 1 aliphatic heterocycles. The third-order valence-electron chi connectivity index (χ3n) is 6.18. The van der Waals surface area contributed by atoms with E-state index in [-0.39, 0.29) is 22.2 Å². The van der Waals surface area contributed by atoms with Gasteiger partial charge in [0.2, 0.25) is 5.13 Å². The molecule has 208 valence electrons. The minimum absolute atomic E-state index is 0.0895. The minimum atomic E-state index is -1.03. The molecule has 0 fully saturated rings. The molecule has 8 nitrogen and oxygen atoms in total. The Morgan fingerprint density at radius 3 is 2.59 bits per heavy atom. The molecule has 0 spiro atoms. The number of phenols is 1. The Labute approximate surface area is 249 Å². The lowest BCUT2D eigenvalue weighted by Gasteiger charge is -2.24. The number of aromatic nitrogens is 2. The maximum atomic E-state index is 13.5. The second kappa shape index (κ2) is 12.6. The van der Waals surface area contributed by atoms with Crippen LogP contribution in [0.5, 0.6) is 11.5 Å². The smallest absolute Gasteiger partial charge is 0.296 e. The van der Waals surface area contributed by atoms with Gasteiger partial charge in [-0.25, -0.2) is 0 Å². The van der Waals surface area contributed by atoms with E-state index in [2.05, 4.69) is 10.2 Å². The van der Waals surface area contributed by atoms with Gasteiger partial charge in [0, 0.05) is 10.8 Å². The maximum Gasteiger partial charge on any atom is 0.296 e. The summed E-state index contributed by atoms with van der Waals surface area (Å²) in [5.41, 5.74) is 2.16. The Morgan fingerprint density at radius 1 is 1.10 bits per heavy atom. The fraction of sp³-hybridized carbons (Fsp3) is 0.133. The second-order valence-corrected chi connectivity index (χ2v) is 11.5. The number of halogens is 1. The molecule has 1 aliphatic rings. The topological polar surface area (TPSA) is 113 Å². The number of anilines is 1. The quantitative estimate of drug-likeness (QED) is 0.116. The molecule has 1 unspecified atom stereocenters. The first-order valence-electron chi connectivity index (χ1n) is 12.6. The number of carbonyl (C=O) groups excluding carboxylic acids is 2. The van der Waals surface area contributed by atoms with Crippen LogP contribution in [-0.4, -0.2) is 38.7 Å². The van der Waals surface area contributed by atoms with Crippen LogP contribution >= 0.6 is 34.7 Å². The number of phenolic OH excluding ortho intramolecular Hbond substituents is 1. The lowest BCUT2D eigenvalue weighted by Crippen LogP contribution is -2.30. The molecule has 0 radical (unpaired) electrons. The van der Waals surface area contributed by atoms with E-state index < -0.39 is 23.5 Å². The zero-order valence-corrected chi connectivity index (χ0v) is 24.1. The summed E-state index contributed by atoms with van der Waals surface area (Å²) in [5, 5.41) is 30.6. The Bertz CT molecular complexity index is 1640. The van der Waals surface area contributed by atoms with Gasteiger partial charge < -0.3 is 14.9 Å². The third-order valence-corrected chi connectivity index (χ3v) is 8.56. The van der Waals surface area contributed by atoms with Crippen molar-refractivity contribution in [2.45, 2.75) is 23.1 Å². The third kappa shape index (κ3) is 6.30. The number of allylic oxidation sites excluding steroid dienone is 1. The van der Waals surface area contributed by atoms with Crippen LogP contribution in [-0.2, 0) is 15.3 Å². The van der Waals surface area contributed by atoms with Gasteiger partial charge in [0.05, 0.1) is 18.2 Å². The number of ether oxygens (including phenoxy) is 1. The van der Waals surface area contributed by atoms with Crippen molar-refractivity contribution in [2.24, 2.45) is 0 Å². The Kier molecular flexibility index (Phi) is 8.72. The van der Waals surface area contributed by atoms with Crippen molar-refractivity contribution in [3.05, 3.63) is 112 Å². The number of amides is 1. The molecule has 0 bridgehead atoms. The van der Waals surface area contributed by atoms with E-state index in [1.807, 2.05) is 54.6 Å². The van der Waals surface area contributed by atoms with Gasteiger partial charge in [0.25, 0.3) is 5.91 Å². The van der Waals surface area contributed by atoms with Gasteiger partial charge in [0.1, 0.15) is 0 Å². The summed E-state index contributed by atoms with van der Waals surface area (Å²) >= 11 is 8.59. The highest BCUT2D eigenvalue weighted by molar-refractivity contribution is 8.00. The molecule has 5 rings (SSSR count). The highest BCUT2D eigenvalue weighted by Gasteiger charge is 2.45. The van der Waals surface area contributed by atoms with Crippen molar-refractivity contribution < 1.29 is 24.5 Å². The molecule has 1 aromatic heterocycles. The molecule has 0 saturated carbocycles. The van der Waals surface area contributed by atoms with Crippen LogP contribution in [0.15, 0.2) is 94.5 Å². The Morgan fingerprint density at radius 2 is 1.85 bits per heavy atom. The standard InChI is InChI=1S/C30H24ClN3O5S2/c1-2-39-24-16-20(11-15-22(24)35)26-25(23(36)14-10-18-6-4-3-5-7-18)27(37)28(38)34(26)29-32-33-30(41-29)40-17-19-8-12-21(31)13-9-19/h3-16,26,35,37H,2,17H2,1H3/b14-10+. The van der Waals surface area contributed by atoms with E-state index in [1.165, 1.54) is 40.1 Å². The van der Waals surface area contributed by atoms with Crippen molar-refractivity contribution in [3.63, 3.8) is 0 Å². The average Bonchev–Trinajstić information content (AvgIpc) is 3.55. The molecule has 1 atom stereocenters. The van der Waals surface area contributed by atoms with Crippen molar-refractivity contribution in [3.8, 4) is 11.5 Å². The summed E-state index contributed by atoms with van der Waals surface area (Å²) in [6.07, 6.45) is 2.94. The van der Waals surface area contributed by atoms with Gasteiger partial charge in [0.15, 0.2) is 27.4 Å². The number of hydrogen-bond donors (Lipinski definition) is 2. The van der Waals surface area contributed by atoms with E-state index in [9.17, 15) is 19.8 Å². The number of carbonyl (C=O) groups is 2. The van der Waals surface area contributed by atoms with Crippen LogP contribution in [0, 0.1) is 0 Å². The van der Waals surface area contributed by atoms with Crippen LogP contribution in [0.4, 0.5) is 5.13 Å². The van der Waals surface area contributed by atoms with Gasteiger partial charge in [-0.2, -0.15) is 0 Å². The largest absolute Gasteiger partial charge is 0.504 e. The van der Waals surface area contributed by atoms with Crippen molar-refractivity contribution >= 4 is 57.6 Å². The number of aliphatic hydroxyl groups excluding tert-OH is 1. The molecule has 4 aromatic rings. The van der Waals surface area contributed by atoms with E-state index in [1.54, 1.807) is 25.1 Å². The van der Waals surface area contributed by atoms with Crippen molar-refractivity contribution in [2.75, 3.05) is 11.5 Å². The fourth-order valence-corrected chi connectivity index (χ4v) is 6.20. The predicted octanol–water partition coefficient (Wildman–Crippen LogP) is 6.77. The average molecular weight is 606 g/mol. The highest BCUT2D eigenvalue weighted by atomic mass is 35.5. The van der Waals surface area contributed by atoms with E-state index >= 15 is 0 Å². The highest BCUT2D eigenvalue weighted by Crippen LogP contribution is 2.45. The maximum absolute atomic E-state index is 13.5. The predicted molar refractivity (Wildman–Crippen MR) is 161 cm³/mol. The van der Waals surface area contributed by atoms with Crippen LogP contribution < -0.4 is 9.64 Å². The normalized spacial score (nSPS) is 15.2. The summed E-state index contributed by atoms with van der Waals surface area (Å²) in [6, 6.07) is 20.2. The summed E-state index contributed by atoms with van der Waals surface area (Å²) in [6.45, 7) is 2.07. The summed E-state index contributed by atoms with van der Waals surface area (Å²) in [5.74, 6) is -1.28. The number of thioether (sulfide) groups is 1. The van der Waals surface area contributed by atoms with Crippen LogP contribution in [0.2, 0.25) is 5.02 Å². The molecule has 0 saturated heterocycles. The number of benzene rings is 3. The van der Waals surface area contributed by atoms with Crippen LogP contribution in [0.1, 0.15) is 29.7 Å². The molecule has 2 N–H and O–H groups in total. The van der Waals surface area contributed by atoms with Crippen LogP contribution in [0.3, 0.4) is 0 Å². The van der Waals surface area contributed by atoms with Gasteiger partial charge in [-0.1, -0.05) is 89.3 Å². The van der Waals surface area contributed by atoms with E-state index in [4.69, 9.17) is 16.3 Å². The lowest BCUT2D eigenvalue weighted by molar-refractivity contribution is -0.117. The van der Waals surface area contributed by atoms with Crippen molar-refractivity contribution in [1.29, 1.82) is 0 Å². The Hall–Kier alpha value is -4.12. The molecular formula is C30H24ClN3O5S2. The molecule has 2 heterocycles. The zero-order chi connectivity index (χ0) is 28.9. The fourth-order valence-electron chi connectivity index (χ4n) is 4.25. The number of aromatic hydroxyl groups is 1. The number of ketones is 1. The molecule has 1 amide bonds. The SMILES string of the molecule is CCOc1cc(C2C(C(=O)/C=C/c3ccccc3)=C(O)C(=O)N2c2nnc(SCc3ccc(Cl)cc3)s2)ccc1O. The first kappa shape index (κ1) is 28.4. The van der Waals surface area contributed by atoms with Gasteiger partial charge >= 0.3 is 0 Å². The molecule has 11 heteroatoms.